The lowest BCUT2D eigenvalue weighted by atomic mass is 10.1. The molecule has 0 aliphatic carbocycles. The Morgan fingerprint density at radius 3 is 2.78 bits per heavy atom. The van der Waals surface area contributed by atoms with E-state index in [4.69, 9.17) is 14.7 Å². The smallest absolute Gasteiger partial charge is 0.172 e. The summed E-state index contributed by atoms with van der Waals surface area (Å²) in [6, 6.07) is 5.23. The van der Waals surface area contributed by atoms with Gasteiger partial charge in [0.15, 0.2) is 24.0 Å². The molecule has 5 heteroatoms. The van der Waals surface area contributed by atoms with E-state index >= 15 is 0 Å². The van der Waals surface area contributed by atoms with Gasteiger partial charge in [-0.2, -0.15) is 5.26 Å². The van der Waals surface area contributed by atoms with Crippen LogP contribution < -0.4 is 0 Å². The largest absolute Gasteiger partial charge is 0.353 e. The molecule has 1 fully saturated rings. The monoisotopic (exact) mass is 253 g/mol. The molecule has 2 rings (SSSR count). The first-order valence-electron chi connectivity index (χ1n) is 5.82. The second-order valence-corrected chi connectivity index (χ2v) is 4.11. The summed E-state index contributed by atoms with van der Waals surface area (Å²) < 4.78 is 36.7. The minimum Gasteiger partial charge on any atom is -0.353 e. The van der Waals surface area contributed by atoms with Gasteiger partial charge >= 0.3 is 0 Å². The molecule has 1 aliphatic heterocycles. The van der Waals surface area contributed by atoms with Crippen LogP contribution >= 0.6 is 0 Å². The van der Waals surface area contributed by atoms with Crippen molar-refractivity contribution in [2.45, 2.75) is 31.7 Å². The van der Waals surface area contributed by atoms with Gasteiger partial charge in [-0.05, 0) is 37.0 Å². The van der Waals surface area contributed by atoms with Crippen molar-refractivity contribution in [2.24, 2.45) is 0 Å². The van der Waals surface area contributed by atoms with Crippen LogP contribution in [0.4, 0.5) is 8.78 Å². The van der Waals surface area contributed by atoms with Gasteiger partial charge in [0, 0.05) is 6.61 Å². The topological polar surface area (TPSA) is 42.2 Å². The van der Waals surface area contributed by atoms with E-state index in [0.717, 1.165) is 25.0 Å². The van der Waals surface area contributed by atoms with Crippen molar-refractivity contribution in [1.29, 1.82) is 5.26 Å². The van der Waals surface area contributed by atoms with Gasteiger partial charge in [-0.15, -0.1) is 0 Å². The van der Waals surface area contributed by atoms with E-state index < -0.39 is 24.0 Å². The lowest BCUT2D eigenvalue weighted by molar-refractivity contribution is -0.178. The summed E-state index contributed by atoms with van der Waals surface area (Å²) in [5.74, 6) is -1.93. The number of halogens is 2. The average molecular weight is 253 g/mol. The molecule has 0 radical (unpaired) electrons. The fourth-order valence-electron chi connectivity index (χ4n) is 1.83. The Morgan fingerprint density at radius 2 is 2.17 bits per heavy atom. The van der Waals surface area contributed by atoms with Crippen molar-refractivity contribution in [3.63, 3.8) is 0 Å². The highest BCUT2D eigenvalue weighted by Gasteiger charge is 2.21. The van der Waals surface area contributed by atoms with Crippen LogP contribution in [0.15, 0.2) is 18.2 Å². The Kier molecular flexibility index (Phi) is 4.24. The zero-order chi connectivity index (χ0) is 13.0. The highest BCUT2D eigenvalue weighted by atomic mass is 19.2. The van der Waals surface area contributed by atoms with Crippen molar-refractivity contribution in [2.75, 3.05) is 6.61 Å². The van der Waals surface area contributed by atoms with Crippen LogP contribution in [0, 0.1) is 23.0 Å². The van der Waals surface area contributed by atoms with Gasteiger partial charge in [0.1, 0.15) is 0 Å². The molecular formula is C13H13F2NO2. The van der Waals surface area contributed by atoms with E-state index in [9.17, 15) is 8.78 Å². The molecule has 2 atom stereocenters. The standard InChI is InChI=1S/C13H13F2NO2/c14-10-5-4-9(7-11(10)15)12(8-16)18-13-3-1-2-6-17-13/h4-5,7,12-13H,1-3,6H2. The molecule has 1 aromatic rings. The summed E-state index contributed by atoms with van der Waals surface area (Å²) in [5, 5.41) is 9.02. The Bertz CT molecular complexity index is 453. The number of nitriles is 1. The summed E-state index contributed by atoms with van der Waals surface area (Å²) in [5.41, 5.74) is 0.297. The fraction of sp³-hybridized carbons (Fsp3) is 0.462. The number of rotatable bonds is 3. The minimum atomic E-state index is -0.985. The third-order valence-corrected chi connectivity index (χ3v) is 2.79. The summed E-state index contributed by atoms with van der Waals surface area (Å²) in [4.78, 5) is 0. The lowest BCUT2D eigenvalue weighted by Crippen LogP contribution is -2.24. The normalized spacial score (nSPS) is 21.3. The van der Waals surface area contributed by atoms with Gasteiger partial charge in [0.05, 0.1) is 6.07 Å². The van der Waals surface area contributed by atoms with Crippen LogP contribution in [0.25, 0.3) is 0 Å². The van der Waals surface area contributed by atoms with Gasteiger partial charge in [-0.25, -0.2) is 8.78 Å². The third-order valence-electron chi connectivity index (χ3n) is 2.79. The zero-order valence-corrected chi connectivity index (χ0v) is 9.73. The molecule has 1 heterocycles. The summed E-state index contributed by atoms with van der Waals surface area (Å²) in [7, 11) is 0. The van der Waals surface area contributed by atoms with Crippen LogP contribution in [-0.4, -0.2) is 12.9 Å². The Balaban J connectivity index is 2.07. The first-order chi connectivity index (χ1) is 8.70. The molecule has 0 aromatic heterocycles. The zero-order valence-electron chi connectivity index (χ0n) is 9.73. The number of hydrogen-bond donors (Lipinski definition) is 0. The van der Waals surface area contributed by atoms with E-state index in [0.29, 0.717) is 18.6 Å². The molecule has 0 amide bonds. The van der Waals surface area contributed by atoms with Gasteiger partial charge in [-0.3, -0.25) is 0 Å². The van der Waals surface area contributed by atoms with Gasteiger partial charge in [-0.1, -0.05) is 6.07 Å². The molecule has 1 aliphatic rings. The number of ether oxygens (including phenoxy) is 2. The molecular weight excluding hydrogens is 240 g/mol. The van der Waals surface area contributed by atoms with Crippen LogP contribution in [0.3, 0.4) is 0 Å². The van der Waals surface area contributed by atoms with Gasteiger partial charge in [0.25, 0.3) is 0 Å². The molecule has 2 unspecified atom stereocenters. The molecule has 3 nitrogen and oxygen atoms in total. The summed E-state index contributed by atoms with van der Waals surface area (Å²) in [6.45, 7) is 0.598. The van der Waals surface area contributed by atoms with Crippen molar-refractivity contribution < 1.29 is 18.3 Å². The maximum Gasteiger partial charge on any atom is 0.172 e. The Hall–Kier alpha value is -1.51. The average Bonchev–Trinajstić information content (AvgIpc) is 2.40. The van der Waals surface area contributed by atoms with E-state index in [1.165, 1.54) is 6.07 Å². The van der Waals surface area contributed by atoms with Crippen LogP contribution in [0.1, 0.15) is 30.9 Å². The van der Waals surface area contributed by atoms with Crippen molar-refractivity contribution in [3.8, 4) is 6.07 Å². The van der Waals surface area contributed by atoms with Crippen molar-refractivity contribution >= 4 is 0 Å². The van der Waals surface area contributed by atoms with Crippen molar-refractivity contribution in [3.05, 3.63) is 35.4 Å². The lowest BCUT2D eigenvalue weighted by Gasteiger charge is -2.25. The molecule has 0 spiro atoms. The first kappa shape index (κ1) is 12.9. The number of benzene rings is 1. The fourth-order valence-corrected chi connectivity index (χ4v) is 1.83. The van der Waals surface area contributed by atoms with Gasteiger partial charge < -0.3 is 9.47 Å². The SMILES string of the molecule is N#CC(OC1CCCCO1)c1ccc(F)c(F)c1. The van der Waals surface area contributed by atoms with Gasteiger partial charge in [0.2, 0.25) is 0 Å². The maximum absolute atomic E-state index is 13.1. The maximum atomic E-state index is 13.1. The molecule has 0 saturated carbocycles. The van der Waals surface area contributed by atoms with E-state index in [2.05, 4.69) is 0 Å². The van der Waals surface area contributed by atoms with E-state index in [-0.39, 0.29) is 0 Å². The molecule has 96 valence electrons. The summed E-state index contributed by atoms with van der Waals surface area (Å²) >= 11 is 0. The third kappa shape index (κ3) is 3.03. The number of nitrogens with zero attached hydrogens (tertiary/aromatic N) is 1. The predicted octanol–water partition coefficient (Wildman–Crippen LogP) is 3.07. The number of hydrogen-bond acceptors (Lipinski definition) is 3. The molecule has 0 N–H and O–H groups in total. The molecule has 18 heavy (non-hydrogen) atoms. The summed E-state index contributed by atoms with van der Waals surface area (Å²) in [6.07, 6.45) is 1.27. The minimum absolute atomic E-state index is 0.297. The highest BCUT2D eigenvalue weighted by Crippen LogP contribution is 2.24. The second-order valence-electron chi connectivity index (χ2n) is 4.11. The second kappa shape index (κ2) is 5.89. The van der Waals surface area contributed by atoms with Crippen LogP contribution in [0.2, 0.25) is 0 Å². The first-order valence-corrected chi connectivity index (χ1v) is 5.82. The predicted molar refractivity (Wildman–Crippen MR) is 59.4 cm³/mol. The quantitative estimate of drug-likeness (QED) is 0.831. The van der Waals surface area contributed by atoms with Crippen LogP contribution in [0.5, 0.6) is 0 Å². The highest BCUT2D eigenvalue weighted by molar-refractivity contribution is 5.24. The van der Waals surface area contributed by atoms with E-state index in [1.807, 2.05) is 6.07 Å². The molecule has 0 bridgehead atoms. The molecule has 1 saturated heterocycles. The molecule has 1 aromatic carbocycles. The Labute approximate surface area is 104 Å². The van der Waals surface area contributed by atoms with E-state index in [1.54, 1.807) is 0 Å². The van der Waals surface area contributed by atoms with Crippen LogP contribution in [-0.2, 0) is 9.47 Å². The Morgan fingerprint density at radius 1 is 1.33 bits per heavy atom. The van der Waals surface area contributed by atoms with Crippen molar-refractivity contribution in [1.82, 2.24) is 0 Å².